The Bertz CT molecular complexity index is 1600. The summed E-state index contributed by atoms with van der Waals surface area (Å²) in [7, 11) is 1.87. The first-order valence-electron chi connectivity index (χ1n) is 41.4. The molecule has 1 nitrogen and oxygen atoms in total. The van der Waals surface area contributed by atoms with Crippen molar-refractivity contribution in [2.24, 2.45) is 136 Å². The van der Waals surface area contributed by atoms with Crippen molar-refractivity contribution in [2.45, 2.75) is 396 Å². The van der Waals surface area contributed by atoms with Crippen molar-refractivity contribution < 1.29 is 83.9 Å². The number of alkyl halides is 3. The van der Waals surface area contributed by atoms with E-state index >= 15 is 0 Å². The van der Waals surface area contributed by atoms with Crippen LogP contribution in [0.15, 0.2) is 0 Å². The minimum absolute atomic E-state index is 0. The summed E-state index contributed by atoms with van der Waals surface area (Å²) < 4.78 is 43.1. The molecular weight excluding hydrogens is 1230 g/mol. The molecule has 0 saturated heterocycles. The summed E-state index contributed by atoms with van der Waals surface area (Å²) in [5, 5.41) is 0. The molecule has 90 heavy (non-hydrogen) atoms. The van der Waals surface area contributed by atoms with Crippen LogP contribution in [-0.2, 0) is 4.74 Å². The quantitative estimate of drug-likeness (QED) is 0.235. The molecule has 12 aliphatic carbocycles. The van der Waals surface area contributed by atoms with E-state index in [0.717, 1.165) is 137 Å². The van der Waals surface area contributed by atoms with E-state index in [1.165, 1.54) is 205 Å². The molecule has 0 radical (unpaired) electrons. The Morgan fingerprint density at radius 2 is 0.378 bits per heavy atom. The second kappa shape index (κ2) is 43.1. The number of halogens is 3. The molecule has 0 bridgehead atoms. The number of rotatable bonds is 8. The van der Waals surface area contributed by atoms with Gasteiger partial charge in [0.25, 0.3) is 0 Å². The van der Waals surface area contributed by atoms with E-state index < -0.39 is 12.1 Å². The third-order valence-electron chi connectivity index (χ3n) is 29.0. The van der Waals surface area contributed by atoms with Gasteiger partial charge in [0.05, 0.1) is 12.0 Å². The molecule has 0 aliphatic heterocycles. The van der Waals surface area contributed by atoms with Crippen LogP contribution < -0.4 is 0 Å². The minimum Gasteiger partial charge on any atom is -0.381 e. The van der Waals surface area contributed by atoms with Crippen LogP contribution in [0.3, 0.4) is 0 Å². The number of ether oxygens (including phenoxy) is 1. The summed E-state index contributed by atoms with van der Waals surface area (Å²) in [6.45, 7) is 24.1. The van der Waals surface area contributed by atoms with Gasteiger partial charge in [-0.15, -0.1) is 0 Å². The second-order valence-corrected chi connectivity index (χ2v) is 36.6. The van der Waals surface area contributed by atoms with Crippen LogP contribution in [0, 0.1) is 185 Å². The maximum atomic E-state index is 12.6. The standard InChI is InChI=1S/C15H28.C14H23F3.C14H26O.3C14H26.Xe.12H2/c1-12-3-7-14(8-4-12)11-15-9-5-13(2)6-10-15;1-10-2-4-11(5-3-10)12-6-8-13(9-7-12)14(15,16)17;1-11-3-5-12(6-4-11)13-7-9-14(15-2)10-8-13;3*1-11-3-7-13(8-4-11)14-9-5-12(2)6-10-14;;;;;;;;;;;;;/h12-15H,3-11H2,1-2H3;10-13H,2-9H2,1H3;11-14H,3-10H2,1-2H3;3*11-14H,3-10H2,1-2H3;;12*1H. The fourth-order valence-corrected chi connectivity index (χ4v) is 21.4. The molecule has 0 aromatic carbocycles. The first kappa shape index (κ1) is 80.3. The van der Waals surface area contributed by atoms with E-state index in [1.807, 2.05) is 7.11 Å². The van der Waals surface area contributed by atoms with Crippen LogP contribution in [-0.4, -0.2) is 19.4 Å². The predicted molar refractivity (Wildman–Crippen MR) is 405 cm³/mol. The SMILES string of the molecule is CC1CCC(C2CCC(C(F)(F)F)CC2)CC1.CC1CCC(C2CCC(C)CC2)CC1.CC1CCC(C2CCC(C)CC2)CC1.CC1CCC(C2CCC(C)CC2)CC1.CC1CCC(CC2CCC(C)CC2)CC1.COC1CCC(C2CCC(C)CC2)CC1.[HH].[HH].[HH].[HH].[HH].[HH].[HH].[HH].[HH].[HH].[HH].[HH].[Xe]. The fourth-order valence-electron chi connectivity index (χ4n) is 21.4. The summed E-state index contributed by atoms with van der Waals surface area (Å²) in [6.07, 6.45) is 65.9. The third-order valence-corrected chi connectivity index (χ3v) is 29.0. The zero-order valence-corrected chi connectivity index (χ0v) is 63.9. The van der Waals surface area contributed by atoms with Crippen molar-refractivity contribution in [1.82, 2.24) is 0 Å². The summed E-state index contributed by atoms with van der Waals surface area (Å²) in [5.74, 6) is 21.2. The van der Waals surface area contributed by atoms with Crippen LogP contribution in [0.25, 0.3) is 0 Å². The van der Waals surface area contributed by atoms with Gasteiger partial charge < -0.3 is 4.74 Å². The van der Waals surface area contributed by atoms with Gasteiger partial charge in [-0.25, -0.2) is 0 Å². The smallest absolute Gasteiger partial charge is 0.381 e. The van der Waals surface area contributed by atoms with Gasteiger partial charge in [-0.2, -0.15) is 13.2 Å². The monoisotopic (exact) mass is 1410 g/mol. The molecule has 12 aliphatic rings. The van der Waals surface area contributed by atoms with E-state index in [-0.39, 0.29) is 66.0 Å². The molecule has 0 aromatic heterocycles. The van der Waals surface area contributed by atoms with E-state index in [4.69, 9.17) is 4.74 Å². The molecule has 0 amide bonds. The van der Waals surface area contributed by atoms with Gasteiger partial charge in [0, 0.05) is 73.1 Å². The summed E-state index contributed by atoms with van der Waals surface area (Å²) in [4.78, 5) is 0. The van der Waals surface area contributed by atoms with Crippen LogP contribution in [0.2, 0.25) is 0 Å². The fraction of sp³-hybridized carbons (Fsp3) is 1.00. The van der Waals surface area contributed by atoms with Gasteiger partial charge in [0.1, 0.15) is 0 Å². The maximum absolute atomic E-state index is 12.6. The van der Waals surface area contributed by atoms with Crippen molar-refractivity contribution in [3.63, 3.8) is 0 Å². The molecule has 0 heterocycles. The number of hydrogen-bond acceptors (Lipinski definition) is 1. The Hall–Kier alpha value is 1.32. The van der Waals surface area contributed by atoms with Crippen molar-refractivity contribution in [3.8, 4) is 0 Å². The molecule has 0 atom stereocenters. The average molecular weight is 1410 g/mol. The normalized spacial score (nSPS) is 42.9. The zero-order chi connectivity index (χ0) is 63.7. The molecule has 554 valence electrons. The predicted octanol–water partition coefficient (Wildman–Crippen LogP) is 31.1. The molecule has 0 N–H and O–H groups in total. The van der Waals surface area contributed by atoms with E-state index in [2.05, 4.69) is 69.2 Å². The van der Waals surface area contributed by atoms with Gasteiger partial charge in [0.2, 0.25) is 0 Å². The Balaban J connectivity index is -0.000000207. The molecular formula is C85H179F3OXe. The summed E-state index contributed by atoms with van der Waals surface area (Å²) in [6, 6.07) is 0. The van der Waals surface area contributed by atoms with Gasteiger partial charge in [-0.1, -0.05) is 223 Å². The Labute approximate surface area is 618 Å². The van der Waals surface area contributed by atoms with Gasteiger partial charge in [-0.3, -0.25) is 0 Å². The Kier molecular flexibility index (Phi) is 38.4. The third kappa shape index (κ3) is 29.6. The van der Waals surface area contributed by atoms with E-state index in [0.29, 0.717) is 24.9 Å². The van der Waals surface area contributed by atoms with Gasteiger partial charge >= 0.3 is 6.18 Å². The first-order chi connectivity index (χ1) is 42.8. The molecule has 12 fully saturated rings. The summed E-state index contributed by atoms with van der Waals surface area (Å²) >= 11 is 0. The average Bonchev–Trinajstić information content (AvgIpc) is 0.860. The second-order valence-electron chi connectivity index (χ2n) is 36.6. The van der Waals surface area contributed by atoms with Crippen molar-refractivity contribution in [3.05, 3.63) is 0 Å². The molecule has 0 spiro atoms. The van der Waals surface area contributed by atoms with Crippen LogP contribution >= 0.6 is 0 Å². The van der Waals surface area contributed by atoms with Crippen molar-refractivity contribution in [2.75, 3.05) is 7.11 Å². The van der Waals surface area contributed by atoms with Crippen LogP contribution in [0.4, 0.5) is 13.2 Å². The van der Waals surface area contributed by atoms with Gasteiger partial charge in [0.15, 0.2) is 0 Å². The van der Waals surface area contributed by atoms with Gasteiger partial charge in [-0.05, 0) is 291 Å². The molecule has 5 heteroatoms. The number of hydrogen-bond donors (Lipinski definition) is 0. The molecule has 0 unspecified atom stereocenters. The van der Waals surface area contributed by atoms with Crippen molar-refractivity contribution in [1.29, 1.82) is 0 Å². The zero-order valence-electron chi connectivity index (χ0n) is 61.9. The molecule has 0 aromatic rings. The topological polar surface area (TPSA) is 9.23 Å². The Morgan fingerprint density at radius 1 is 0.233 bits per heavy atom. The molecule has 12 saturated carbocycles. The van der Waals surface area contributed by atoms with Crippen LogP contribution in [0.1, 0.15) is 401 Å². The van der Waals surface area contributed by atoms with Crippen molar-refractivity contribution >= 4 is 0 Å². The van der Waals surface area contributed by atoms with E-state index in [1.54, 1.807) is 83.5 Å². The largest absolute Gasteiger partial charge is 0.391 e. The van der Waals surface area contributed by atoms with Crippen LogP contribution in [0.5, 0.6) is 0 Å². The van der Waals surface area contributed by atoms with E-state index in [9.17, 15) is 13.2 Å². The number of methoxy groups -OCH3 is 1. The molecule has 12 rings (SSSR count). The summed E-state index contributed by atoms with van der Waals surface area (Å²) in [5.41, 5.74) is 0. The maximum Gasteiger partial charge on any atom is 0.391 e. The minimum atomic E-state index is -3.95. The Morgan fingerprint density at radius 3 is 0.533 bits per heavy atom. The first-order valence-corrected chi connectivity index (χ1v) is 41.4.